The van der Waals surface area contributed by atoms with Gasteiger partial charge in [0.15, 0.2) is 0 Å². The molecule has 0 spiro atoms. The Morgan fingerprint density at radius 1 is 1.21 bits per heavy atom. The molecule has 0 fully saturated rings. The number of halogens is 2. The molecule has 1 aromatic carbocycles. The first-order chi connectivity index (χ1) is 8.90. The van der Waals surface area contributed by atoms with E-state index < -0.39 is 24.3 Å². The minimum absolute atomic E-state index is 0.269. The molecule has 0 heterocycles. The van der Waals surface area contributed by atoms with Gasteiger partial charge in [-0.05, 0) is 40.8 Å². The standard InChI is InChI=1S/C11H10BrIN2O4/c12-6-1-2-8(13)7(3-6)11(19)15-4-9(16)14-5-10(17)18/h1-3H,4-5H2,(H,14,16)(H,15,19)(H,17,18). The fourth-order valence-corrected chi connectivity index (χ4v) is 2.11. The third-order valence-corrected chi connectivity index (χ3v) is 3.45. The van der Waals surface area contributed by atoms with Gasteiger partial charge in [0.1, 0.15) is 6.54 Å². The molecule has 0 bridgehead atoms. The Morgan fingerprint density at radius 2 is 1.89 bits per heavy atom. The number of hydrogen-bond donors (Lipinski definition) is 3. The van der Waals surface area contributed by atoms with Crippen LogP contribution in [0.1, 0.15) is 10.4 Å². The van der Waals surface area contributed by atoms with Crippen molar-refractivity contribution in [3.05, 3.63) is 31.8 Å². The highest BCUT2D eigenvalue weighted by Crippen LogP contribution is 2.18. The molecule has 8 heteroatoms. The van der Waals surface area contributed by atoms with Crippen LogP contribution in [0.4, 0.5) is 0 Å². The summed E-state index contributed by atoms with van der Waals surface area (Å²) < 4.78 is 1.51. The Morgan fingerprint density at radius 3 is 2.53 bits per heavy atom. The Bertz CT molecular complexity index is 521. The van der Waals surface area contributed by atoms with Crippen molar-refractivity contribution in [1.29, 1.82) is 0 Å². The summed E-state index contributed by atoms with van der Waals surface area (Å²) in [4.78, 5) is 33.3. The molecule has 0 aliphatic carbocycles. The summed E-state index contributed by atoms with van der Waals surface area (Å²) in [5, 5.41) is 12.9. The Balaban J connectivity index is 2.53. The molecule has 0 saturated carbocycles. The highest BCUT2D eigenvalue weighted by molar-refractivity contribution is 14.1. The second-order valence-corrected chi connectivity index (χ2v) is 5.56. The van der Waals surface area contributed by atoms with Crippen LogP contribution in [0.25, 0.3) is 0 Å². The van der Waals surface area contributed by atoms with Crippen LogP contribution in [0, 0.1) is 3.57 Å². The average Bonchev–Trinajstić information content (AvgIpc) is 2.36. The van der Waals surface area contributed by atoms with E-state index in [0.29, 0.717) is 5.56 Å². The van der Waals surface area contributed by atoms with Gasteiger partial charge >= 0.3 is 5.97 Å². The minimum atomic E-state index is -1.14. The summed E-state index contributed by atoms with van der Waals surface area (Å²) >= 11 is 5.27. The molecule has 0 saturated heterocycles. The van der Waals surface area contributed by atoms with Crippen molar-refractivity contribution < 1.29 is 19.5 Å². The van der Waals surface area contributed by atoms with Crippen molar-refractivity contribution in [2.75, 3.05) is 13.1 Å². The van der Waals surface area contributed by atoms with Crippen LogP contribution >= 0.6 is 38.5 Å². The first-order valence-corrected chi connectivity index (χ1v) is 6.99. The third-order valence-electron chi connectivity index (χ3n) is 2.02. The van der Waals surface area contributed by atoms with Gasteiger partial charge < -0.3 is 15.7 Å². The largest absolute Gasteiger partial charge is 0.480 e. The van der Waals surface area contributed by atoms with Crippen molar-refractivity contribution in [2.45, 2.75) is 0 Å². The fraction of sp³-hybridized carbons (Fsp3) is 0.182. The SMILES string of the molecule is O=C(O)CNC(=O)CNC(=O)c1cc(Br)ccc1I. The lowest BCUT2D eigenvalue weighted by atomic mass is 10.2. The molecule has 6 nitrogen and oxygen atoms in total. The molecule has 1 aromatic rings. The van der Waals surface area contributed by atoms with Crippen molar-refractivity contribution in [3.63, 3.8) is 0 Å². The number of rotatable bonds is 5. The van der Waals surface area contributed by atoms with E-state index in [2.05, 4.69) is 26.6 Å². The zero-order chi connectivity index (χ0) is 14.4. The molecule has 0 radical (unpaired) electrons. The molecule has 19 heavy (non-hydrogen) atoms. The number of amides is 2. The first kappa shape index (κ1) is 15.9. The van der Waals surface area contributed by atoms with E-state index in [1.54, 1.807) is 18.2 Å². The van der Waals surface area contributed by atoms with Gasteiger partial charge in [-0.15, -0.1) is 0 Å². The monoisotopic (exact) mass is 440 g/mol. The number of carboxylic acids is 1. The molecule has 3 N–H and O–H groups in total. The predicted octanol–water partition coefficient (Wildman–Crippen LogP) is 0.984. The third kappa shape index (κ3) is 5.55. The molecule has 102 valence electrons. The summed E-state index contributed by atoms with van der Waals surface area (Å²) in [5.74, 6) is -2.09. The zero-order valence-corrected chi connectivity index (χ0v) is 13.3. The van der Waals surface area contributed by atoms with Gasteiger partial charge in [0, 0.05) is 8.04 Å². The molecule has 0 aliphatic heterocycles. The molecule has 0 aliphatic rings. The van der Waals surface area contributed by atoms with Gasteiger partial charge in [0.25, 0.3) is 5.91 Å². The van der Waals surface area contributed by atoms with Crippen molar-refractivity contribution in [2.24, 2.45) is 0 Å². The summed E-state index contributed by atoms with van der Waals surface area (Å²) in [6.45, 7) is -0.738. The van der Waals surface area contributed by atoms with E-state index in [0.717, 1.165) is 8.04 Å². The number of nitrogens with one attached hydrogen (secondary N) is 2. The molecule has 0 aromatic heterocycles. The lowest BCUT2D eigenvalue weighted by molar-refractivity contribution is -0.137. The molecule has 1 rings (SSSR count). The second kappa shape index (κ2) is 7.43. The Kier molecular flexibility index (Phi) is 6.22. The van der Waals surface area contributed by atoms with E-state index in [1.165, 1.54) is 0 Å². The normalized spacial score (nSPS) is 9.79. The lowest BCUT2D eigenvalue weighted by Crippen LogP contribution is -2.39. The number of carbonyl (C=O) groups excluding carboxylic acids is 2. The van der Waals surface area contributed by atoms with E-state index in [4.69, 9.17) is 5.11 Å². The fourth-order valence-electron chi connectivity index (χ4n) is 1.16. The van der Waals surface area contributed by atoms with Gasteiger partial charge in [0.2, 0.25) is 5.91 Å². The topological polar surface area (TPSA) is 95.5 Å². The number of hydrogen-bond acceptors (Lipinski definition) is 3. The molecule has 0 unspecified atom stereocenters. The zero-order valence-electron chi connectivity index (χ0n) is 9.57. The van der Waals surface area contributed by atoms with Gasteiger partial charge in [-0.2, -0.15) is 0 Å². The van der Waals surface area contributed by atoms with E-state index in [1.807, 2.05) is 22.6 Å². The molecular formula is C11H10BrIN2O4. The highest BCUT2D eigenvalue weighted by Gasteiger charge is 2.12. The number of aliphatic carboxylic acids is 1. The van der Waals surface area contributed by atoms with Crippen LogP contribution < -0.4 is 10.6 Å². The predicted molar refractivity (Wildman–Crippen MR) is 79.8 cm³/mol. The minimum Gasteiger partial charge on any atom is -0.480 e. The van der Waals surface area contributed by atoms with E-state index >= 15 is 0 Å². The summed E-state index contributed by atoms with van der Waals surface area (Å²) in [5.41, 5.74) is 0.445. The van der Waals surface area contributed by atoms with Gasteiger partial charge in [-0.3, -0.25) is 14.4 Å². The maximum absolute atomic E-state index is 11.8. The molecule has 2 amide bonds. The number of carbonyl (C=O) groups is 3. The quantitative estimate of drug-likeness (QED) is 0.595. The summed E-state index contributed by atoms with van der Waals surface area (Å²) in [6.07, 6.45) is 0. The van der Waals surface area contributed by atoms with Crippen molar-refractivity contribution in [1.82, 2.24) is 10.6 Å². The van der Waals surface area contributed by atoms with Crippen molar-refractivity contribution in [3.8, 4) is 0 Å². The van der Waals surface area contributed by atoms with Crippen LogP contribution in [-0.4, -0.2) is 36.0 Å². The summed E-state index contributed by atoms with van der Waals surface area (Å²) in [7, 11) is 0. The Hall–Kier alpha value is -1.16. The van der Waals surface area contributed by atoms with Gasteiger partial charge in [0.05, 0.1) is 12.1 Å². The lowest BCUT2D eigenvalue weighted by Gasteiger charge is -2.07. The van der Waals surface area contributed by atoms with Crippen LogP contribution in [0.15, 0.2) is 22.7 Å². The van der Waals surface area contributed by atoms with Crippen molar-refractivity contribution >= 4 is 56.3 Å². The van der Waals surface area contributed by atoms with Gasteiger partial charge in [-0.1, -0.05) is 15.9 Å². The number of benzene rings is 1. The van der Waals surface area contributed by atoms with Crippen LogP contribution in [-0.2, 0) is 9.59 Å². The maximum Gasteiger partial charge on any atom is 0.322 e. The maximum atomic E-state index is 11.8. The Labute approximate surface area is 131 Å². The second-order valence-electron chi connectivity index (χ2n) is 3.48. The molecular weight excluding hydrogens is 431 g/mol. The van der Waals surface area contributed by atoms with Crippen LogP contribution in [0.2, 0.25) is 0 Å². The van der Waals surface area contributed by atoms with E-state index in [9.17, 15) is 14.4 Å². The smallest absolute Gasteiger partial charge is 0.322 e. The summed E-state index contributed by atoms with van der Waals surface area (Å²) in [6, 6.07) is 5.22. The van der Waals surface area contributed by atoms with Gasteiger partial charge in [-0.25, -0.2) is 0 Å². The number of carboxylic acid groups (broad SMARTS) is 1. The van der Waals surface area contributed by atoms with Crippen LogP contribution in [0.5, 0.6) is 0 Å². The first-order valence-electron chi connectivity index (χ1n) is 5.12. The highest BCUT2D eigenvalue weighted by atomic mass is 127. The molecule has 0 atom stereocenters. The van der Waals surface area contributed by atoms with Crippen LogP contribution in [0.3, 0.4) is 0 Å². The van der Waals surface area contributed by atoms with E-state index in [-0.39, 0.29) is 6.54 Å². The average molecular weight is 441 g/mol.